The molecule has 0 aliphatic heterocycles. The molecule has 6 heteroatoms. The van der Waals surface area contributed by atoms with Gasteiger partial charge in [-0.25, -0.2) is 4.98 Å². The lowest BCUT2D eigenvalue weighted by Gasteiger charge is -2.18. The molecule has 6 nitrogen and oxygen atoms in total. The Morgan fingerprint density at radius 2 is 1.77 bits per heavy atom. The normalized spacial score (nSPS) is 10.4. The number of anilines is 3. The highest BCUT2D eigenvalue weighted by molar-refractivity contribution is 5.56. The summed E-state index contributed by atoms with van der Waals surface area (Å²) in [6, 6.07) is 13.7. The quantitative estimate of drug-likeness (QED) is 0.669. The Bertz CT molecular complexity index is 808. The molecule has 0 unspecified atom stereocenters. The van der Waals surface area contributed by atoms with Gasteiger partial charge in [0.2, 0.25) is 5.95 Å². The predicted molar refractivity (Wildman–Crippen MR) is 104 cm³/mol. The van der Waals surface area contributed by atoms with E-state index >= 15 is 0 Å². The first kappa shape index (κ1) is 17.7. The summed E-state index contributed by atoms with van der Waals surface area (Å²) in [6.45, 7) is 3.49. The van der Waals surface area contributed by atoms with Gasteiger partial charge in [0.25, 0.3) is 0 Å². The van der Waals surface area contributed by atoms with Gasteiger partial charge in [0.15, 0.2) is 0 Å². The fraction of sp³-hybridized carbons (Fsp3) is 0.250. The fourth-order valence-electron chi connectivity index (χ4n) is 2.51. The van der Waals surface area contributed by atoms with Crippen LogP contribution in [0.25, 0.3) is 0 Å². The van der Waals surface area contributed by atoms with Crippen LogP contribution in [-0.4, -0.2) is 35.2 Å². The smallest absolute Gasteiger partial charge is 0.229 e. The second-order valence-electron chi connectivity index (χ2n) is 5.85. The van der Waals surface area contributed by atoms with Crippen molar-refractivity contribution in [3.8, 4) is 5.75 Å². The van der Waals surface area contributed by atoms with E-state index in [1.54, 1.807) is 6.20 Å². The van der Waals surface area contributed by atoms with Gasteiger partial charge in [-0.2, -0.15) is 4.98 Å². The summed E-state index contributed by atoms with van der Waals surface area (Å²) >= 11 is 0. The van der Waals surface area contributed by atoms with Crippen molar-refractivity contribution in [2.24, 2.45) is 0 Å². The topological polar surface area (TPSA) is 63.2 Å². The minimum atomic E-state index is 0.572. The van der Waals surface area contributed by atoms with Crippen LogP contribution >= 0.6 is 0 Å². The van der Waals surface area contributed by atoms with E-state index in [1.807, 2.05) is 68.8 Å². The molecule has 1 aromatic carbocycles. The zero-order valence-corrected chi connectivity index (χ0v) is 15.1. The second kappa shape index (κ2) is 8.80. The molecule has 2 aromatic heterocycles. The summed E-state index contributed by atoms with van der Waals surface area (Å²) < 4.78 is 5.46. The molecular formula is C20H23N5O. The zero-order chi connectivity index (χ0) is 18.2. The van der Waals surface area contributed by atoms with Gasteiger partial charge in [0.05, 0.1) is 6.61 Å². The molecular weight excluding hydrogens is 326 g/mol. The monoisotopic (exact) mass is 349 g/mol. The molecule has 0 spiro atoms. The van der Waals surface area contributed by atoms with Crippen LogP contribution in [-0.2, 0) is 6.42 Å². The van der Waals surface area contributed by atoms with E-state index in [-0.39, 0.29) is 0 Å². The maximum atomic E-state index is 5.46. The van der Waals surface area contributed by atoms with Crippen LogP contribution in [0.3, 0.4) is 0 Å². The van der Waals surface area contributed by atoms with Gasteiger partial charge in [-0.15, -0.1) is 0 Å². The van der Waals surface area contributed by atoms with E-state index in [4.69, 9.17) is 4.74 Å². The van der Waals surface area contributed by atoms with Gasteiger partial charge >= 0.3 is 0 Å². The second-order valence-corrected chi connectivity index (χ2v) is 5.85. The van der Waals surface area contributed by atoms with Crippen LogP contribution in [0.4, 0.5) is 17.5 Å². The van der Waals surface area contributed by atoms with E-state index in [0.717, 1.165) is 30.2 Å². The summed E-state index contributed by atoms with van der Waals surface area (Å²) in [7, 11) is 2.03. The third kappa shape index (κ3) is 4.92. The lowest BCUT2D eigenvalue weighted by Crippen LogP contribution is -2.21. The van der Waals surface area contributed by atoms with Crippen molar-refractivity contribution in [3.05, 3.63) is 66.6 Å². The van der Waals surface area contributed by atoms with Crippen LogP contribution in [0.2, 0.25) is 0 Å². The van der Waals surface area contributed by atoms with E-state index in [0.29, 0.717) is 12.6 Å². The Morgan fingerprint density at radius 1 is 1.00 bits per heavy atom. The standard InChI is InChI=1S/C20H23N5O/c1-3-26-18-6-4-17(5-7-18)23-20-22-14-10-19(24-20)25(2)15-11-16-8-12-21-13-9-16/h4-10,12-14H,3,11,15H2,1-2H3,(H,22,23,24). The average Bonchev–Trinajstić information content (AvgIpc) is 2.69. The van der Waals surface area contributed by atoms with Crippen LogP contribution in [0.15, 0.2) is 61.1 Å². The number of likely N-dealkylation sites (N-methyl/N-ethyl adjacent to an activating group) is 1. The minimum Gasteiger partial charge on any atom is -0.494 e. The largest absolute Gasteiger partial charge is 0.494 e. The molecule has 0 atom stereocenters. The maximum Gasteiger partial charge on any atom is 0.229 e. The number of ether oxygens (including phenoxy) is 1. The molecule has 0 bridgehead atoms. The first-order valence-electron chi connectivity index (χ1n) is 8.67. The van der Waals surface area contributed by atoms with E-state index < -0.39 is 0 Å². The molecule has 3 aromatic rings. The molecule has 0 aliphatic rings. The number of hydrogen-bond donors (Lipinski definition) is 1. The Hall–Kier alpha value is -3.15. The zero-order valence-electron chi connectivity index (χ0n) is 15.1. The molecule has 3 rings (SSSR count). The highest BCUT2D eigenvalue weighted by Crippen LogP contribution is 2.19. The van der Waals surface area contributed by atoms with Crippen molar-refractivity contribution in [1.29, 1.82) is 0 Å². The third-order valence-electron chi connectivity index (χ3n) is 3.94. The molecule has 2 heterocycles. The molecule has 0 fully saturated rings. The van der Waals surface area contributed by atoms with E-state index in [9.17, 15) is 0 Å². The Kier molecular flexibility index (Phi) is 5.98. The molecule has 1 N–H and O–H groups in total. The Morgan fingerprint density at radius 3 is 2.50 bits per heavy atom. The van der Waals surface area contributed by atoms with Crippen molar-refractivity contribution >= 4 is 17.5 Å². The summed E-state index contributed by atoms with van der Waals surface area (Å²) in [4.78, 5) is 15.1. The van der Waals surface area contributed by atoms with Crippen LogP contribution in [0, 0.1) is 0 Å². The molecule has 0 aliphatic carbocycles. The van der Waals surface area contributed by atoms with Crippen molar-refractivity contribution in [1.82, 2.24) is 15.0 Å². The number of benzene rings is 1. The first-order chi connectivity index (χ1) is 12.7. The third-order valence-corrected chi connectivity index (χ3v) is 3.94. The Labute approximate surface area is 153 Å². The summed E-state index contributed by atoms with van der Waals surface area (Å²) in [5.74, 6) is 2.30. The molecule has 26 heavy (non-hydrogen) atoms. The van der Waals surface area contributed by atoms with Gasteiger partial charge in [-0.3, -0.25) is 4.98 Å². The van der Waals surface area contributed by atoms with Crippen molar-refractivity contribution in [3.63, 3.8) is 0 Å². The van der Waals surface area contributed by atoms with Crippen LogP contribution in [0.1, 0.15) is 12.5 Å². The van der Waals surface area contributed by atoms with Crippen molar-refractivity contribution < 1.29 is 4.74 Å². The van der Waals surface area contributed by atoms with Crippen molar-refractivity contribution in [2.75, 3.05) is 30.4 Å². The molecule has 0 saturated carbocycles. The maximum absolute atomic E-state index is 5.46. The van der Waals surface area contributed by atoms with Crippen LogP contribution < -0.4 is 15.0 Å². The van der Waals surface area contributed by atoms with E-state index in [1.165, 1.54) is 5.56 Å². The lowest BCUT2D eigenvalue weighted by molar-refractivity contribution is 0.340. The highest BCUT2D eigenvalue weighted by Gasteiger charge is 2.06. The summed E-state index contributed by atoms with van der Waals surface area (Å²) in [5, 5.41) is 3.23. The van der Waals surface area contributed by atoms with Gasteiger partial charge < -0.3 is 15.0 Å². The number of rotatable bonds is 8. The Balaban J connectivity index is 1.61. The average molecular weight is 349 g/mol. The van der Waals surface area contributed by atoms with Gasteiger partial charge in [0, 0.05) is 37.9 Å². The molecule has 0 saturated heterocycles. The lowest BCUT2D eigenvalue weighted by atomic mass is 10.2. The van der Waals surface area contributed by atoms with Crippen LogP contribution in [0.5, 0.6) is 5.75 Å². The number of hydrogen-bond acceptors (Lipinski definition) is 6. The van der Waals surface area contributed by atoms with Gasteiger partial charge in [-0.1, -0.05) is 0 Å². The summed E-state index contributed by atoms with van der Waals surface area (Å²) in [5.41, 5.74) is 2.18. The molecule has 134 valence electrons. The number of pyridine rings is 1. The SMILES string of the molecule is CCOc1ccc(Nc2nccc(N(C)CCc3ccncc3)n2)cc1. The minimum absolute atomic E-state index is 0.572. The summed E-state index contributed by atoms with van der Waals surface area (Å²) in [6.07, 6.45) is 6.34. The molecule has 0 radical (unpaired) electrons. The molecule has 0 amide bonds. The highest BCUT2D eigenvalue weighted by atomic mass is 16.5. The fourth-order valence-corrected chi connectivity index (χ4v) is 2.51. The van der Waals surface area contributed by atoms with Crippen molar-refractivity contribution in [2.45, 2.75) is 13.3 Å². The first-order valence-corrected chi connectivity index (χ1v) is 8.67. The predicted octanol–water partition coefficient (Wildman–Crippen LogP) is 3.69. The number of nitrogens with zero attached hydrogens (tertiary/aromatic N) is 4. The van der Waals surface area contributed by atoms with Gasteiger partial charge in [0.1, 0.15) is 11.6 Å². The number of aromatic nitrogens is 3. The number of nitrogens with one attached hydrogen (secondary N) is 1. The van der Waals surface area contributed by atoms with Gasteiger partial charge in [-0.05, 0) is 61.4 Å². The van der Waals surface area contributed by atoms with E-state index in [2.05, 4.69) is 25.2 Å².